The van der Waals surface area contributed by atoms with Crippen LogP contribution in [0.3, 0.4) is 0 Å². The van der Waals surface area contributed by atoms with Gasteiger partial charge in [0.1, 0.15) is 5.69 Å². The van der Waals surface area contributed by atoms with Gasteiger partial charge in [0.25, 0.3) is 5.91 Å². The molecule has 1 amide bonds. The van der Waals surface area contributed by atoms with Crippen molar-refractivity contribution >= 4 is 5.91 Å². The third kappa shape index (κ3) is 4.30. The third-order valence-corrected chi connectivity index (χ3v) is 3.77. The number of hydrogen-bond donors (Lipinski definition) is 1. The summed E-state index contributed by atoms with van der Waals surface area (Å²) in [6.45, 7) is 3.85. The molecule has 1 aromatic heterocycles. The Hall–Kier alpha value is -1.86. The number of aromatic nitrogens is 1. The number of pyridine rings is 1. The number of amides is 1. The van der Waals surface area contributed by atoms with E-state index in [1.54, 1.807) is 12.3 Å². The molecule has 112 valence electrons. The molecular formula is C17H22N2O2. The molecule has 2 heterocycles. The summed E-state index contributed by atoms with van der Waals surface area (Å²) in [5, 5.41) is 8.79. The number of carbonyl (C=O) groups excluding carboxylic acids is 1. The van der Waals surface area contributed by atoms with Gasteiger partial charge in [-0.3, -0.25) is 4.79 Å². The molecule has 0 bridgehead atoms. The maximum Gasteiger partial charge on any atom is 0.273 e. The second kappa shape index (κ2) is 7.80. The van der Waals surface area contributed by atoms with Crippen LogP contribution in [0.25, 0.3) is 0 Å². The lowest BCUT2D eigenvalue weighted by Gasteiger charge is -2.20. The van der Waals surface area contributed by atoms with E-state index in [9.17, 15) is 4.79 Å². The fourth-order valence-corrected chi connectivity index (χ4v) is 2.51. The van der Waals surface area contributed by atoms with E-state index in [0.717, 1.165) is 25.9 Å². The van der Waals surface area contributed by atoms with Gasteiger partial charge in [0.15, 0.2) is 0 Å². The molecule has 1 aromatic rings. The van der Waals surface area contributed by atoms with Crippen LogP contribution in [0, 0.1) is 17.8 Å². The summed E-state index contributed by atoms with van der Waals surface area (Å²) in [5.74, 6) is 6.44. The minimum absolute atomic E-state index is 0.0283. The van der Waals surface area contributed by atoms with E-state index in [-0.39, 0.29) is 12.5 Å². The largest absolute Gasteiger partial charge is 0.395 e. The van der Waals surface area contributed by atoms with Gasteiger partial charge in [0.2, 0.25) is 0 Å². The van der Waals surface area contributed by atoms with Crippen LogP contribution < -0.4 is 0 Å². The van der Waals surface area contributed by atoms with Gasteiger partial charge in [0.05, 0.1) is 12.2 Å². The van der Waals surface area contributed by atoms with E-state index < -0.39 is 0 Å². The van der Waals surface area contributed by atoms with Crippen molar-refractivity contribution in [3.8, 4) is 11.8 Å². The Balaban J connectivity index is 2.17. The SMILES string of the molecule is CC1CCCN(C(=O)c2ncccc2C#CCCO)CC1. The van der Waals surface area contributed by atoms with Crippen molar-refractivity contribution in [2.75, 3.05) is 19.7 Å². The van der Waals surface area contributed by atoms with Crippen molar-refractivity contribution in [1.29, 1.82) is 0 Å². The molecule has 1 N–H and O–H groups in total. The summed E-state index contributed by atoms with van der Waals surface area (Å²) >= 11 is 0. The highest BCUT2D eigenvalue weighted by atomic mass is 16.2. The van der Waals surface area contributed by atoms with E-state index in [4.69, 9.17) is 5.11 Å². The Kier molecular flexibility index (Phi) is 5.77. The normalized spacial score (nSPS) is 18.6. The standard InChI is InChI=1S/C17H22N2O2/c1-14-6-5-11-19(12-9-14)17(21)16-15(7-2-3-13-20)8-4-10-18-16/h4,8,10,14,20H,3,5-6,9,11-13H2,1H3. The Morgan fingerprint density at radius 3 is 3.14 bits per heavy atom. The molecule has 1 atom stereocenters. The second-order valence-corrected chi connectivity index (χ2v) is 5.50. The zero-order valence-corrected chi connectivity index (χ0v) is 12.5. The predicted octanol–water partition coefficient (Wildman–Crippen LogP) is 2.08. The molecule has 0 spiro atoms. The van der Waals surface area contributed by atoms with Gasteiger partial charge in [-0.25, -0.2) is 4.98 Å². The first-order chi connectivity index (χ1) is 10.2. The van der Waals surface area contributed by atoms with Crippen molar-refractivity contribution < 1.29 is 9.90 Å². The zero-order valence-electron chi connectivity index (χ0n) is 12.5. The summed E-state index contributed by atoms with van der Waals surface area (Å²) in [4.78, 5) is 18.8. The molecule has 1 fully saturated rings. The topological polar surface area (TPSA) is 53.4 Å². The molecule has 0 saturated carbocycles. The number of carbonyl (C=O) groups is 1. The summed E-state index contributed by atoms with van der Waals surface area (Å²) in [6, 6.07) is 3.59. The summed E-state index contributed by atoms with van der Waals surface area (Å²) in [7, 11) is 0. The van der Waals surface area contributed by atoms with E-state index in [1.165, 1.54) is 6.42 Å². The third-order valence-electron chi connectivity index (χ3n) is 3.77. The predicted molar refractivity (Wildman–Crippen MR) is 81.7 cm³/mol. The van der Waals surface area contributed by atoms with Gasteiger partial charge in [-0.1, -0.05) is 18.8 Å². The Bertz CT molecular complexity index is 545. The van der Waals surface area contributed by atoms with Gasteiger partial charge >= 0.3 is 0 Å². The van der Waals surface area contributed by atoms with E-state index in [1.807, 2.05) is 11.0 Å². The van der Waals surface area contributed by atoms with Crippen molar-refractivity contribution in [1.82, 2.24) is 9.88 Å². The van der Waals surface area contributed by atoms with Crippen LogP contribution in [0.5, 0.6) is 0 Å². The van der Waals surface area contributed by atoms with Crippen molar-refractivity contribution in [3.05, 3.63) is 29.6 Å². The number of likely N-dealkylation sites (tertiary alicyclic amines) is 1. The van der Waals surface area contributed by atoms with Crippen LogP contribution in [0.1, 0.15) is 48.7 Å². The molecular weight excluding hydrogens is 264 g/mol. The molecule has 4 heteroatoms. The van der Waals surface area contributed by atoms with Gasteiger partial charge in [-0.2, -0.15) is 0 Å². The molecule has 1 aliphatic heterocycles. The second-order valence-electron chi connectivity index (χ2n) is 5.50. The monoisotopic (exact) mass is 286 g/mol. The Labute approximate surface area is 126 Å². The molecule has 4 nitrogen and oxygen atoms in total. The first kappa shape index (κ1) is 15.5. The Morgan fingerprint density at radius 1 is 1.48 bits per heavy atom. The van der Waals surface area contributed by atoms with Gasteiger partial charge < -0.3 is 10.0 Å². The number of aliphatic hydroxyl groups excluding tert-OH is 1. The van der Waals surface area contributed by atoms with Crippen LogP contribution in [0.2, 0.25) is 0 Å². The first-order valence-electron chi connectivity index (χ1n) is 7.56. The summed E-state index contributed by atoms with van der Waals surface area (Å²) in [6.07, 6.45) is 5.30. The van der Waals surface area contributed by atoms with Crippen LogP contribution in [0.4, 0.5) is 0 Å². The minimum Gasteiger partial charge on any atom is -0.395 e. The fourth-order valence-electron chi connectivity index (χ4n) is 2.51. The highest BCUT2D eigenvalue weighted by Gasteiger charge is 2.22. The number of nitrogens with zero attached hydrogens (tertiary/aromatic N) is 2. The lowest BCUT2D eigenvalue weighted by atomic mass is 10.0. The van der Waals surface area contributed by atoms with Gasteiger partial charge in [0, 0.05) is 25.7 Å². The smallest absolute Gasteiger partial charge is 0.273 e. The minimum atomic E-state index is -0.0296. The van der Waals surface area contributed by atoms with E-state index in [2.05, 4.69) is 23.7 Å². The lowest BCUT2D eigenvalue weighted by molar-refractivity contribution is 0.0754. The number of aliphatic hydroxyl groups is 1. The molecule has 1 saturated heterocycles. The van der Waals surface area contributed by atoms with Crippen molar-refractivity contribution in [2.45, 2.75) is 32.6 Å². The molecule has 1 unspecified atom stereocenters. The Morgan fingerprint density at radius 2 is 2.33 bits per heavy atom. The molecule has 0 aliphatic carbocycles. The van der Waals surface area contributed by atoms with Crippen molar-refractivity contribution in [3.63, 3.8) is 0 Å². The summed E-state index contributed by atoms with van der Waals surface area (Å²) < 4.78 is 0. The van der Waals surface area contributed by atoms with Crippen LogP contribution in [-0.4, -0.2) is 40.6 Å². The average molecular weight is 286 g/mol. The number of hydrogen-bond acceptors (Lipinski definition) is 3. The zero-order chi connectivity index (χ0) is 15.1. The quantitative estimate of drug-likeness (QED) is 0.847. The highest BCUT2D eigenvalue weighted by Crippen LogP contribution is 2.18. The molecule has 21 heavy (non-hydrogen) atoms. The van der Waals surface area contributed by atoms with E-state index in [0.29, 0.717) is 23.6 Å². The maximum absolute atomic E-state index is 12.7. The van der Waals surface area contributed by atoms with Crippen LogP contribution >= 0.6 is 0 Å². The van der Waals surface area contributed by atoms with Gasteiger partial charge in [-0.15, -0.1) is 0 Å². The number of rotatable bonds is 2. The summed E-state index contributed by atoms with van der Waals surface area (Å²) in [5.41, 5.74) is 1.07. The molecule has 1 aliphatic rings. The molecule has 2 rings (SSSR count). The fraction of sp³-hybridized carbons (Fsp3) is 0.529. The van der Waals surface area contributed by atoms with Crippen LogP contribution in [-0.2, 0) is 0 Å². The van der Waals surface area contributed by atoms with E-state index >= 15 is 0 Å². The highest BCUT2D eigenvalue weighted by molar-refractivity contribution is 5.94. The maximum atomic E-state index is 12.7. The average Bonchev–Trinajstić information content (AvgIpc) is 2.72. The van der Waals surface area contributed by atoms with Crippen molar-refractivity contribution in [2.24, 2.45) is 5.92 Å². The molecule has 0 radical (unpaired) electrons. The first-order valence-corrected chi connectivity index (χ1v) is 7.56. The van der Waals surface area contributed by atoms with Gasteiger partial charge in [-0.05, 0) is 37.3 Å². The molecule has 0 aromatic carbocycles. The van der Waals surface area contributed by atoms with Crippen LogP contribution in [0.15, 0.2) is 18.3 Å². The lowest BCUT2D eigenvalue weighted by Crippen LogP contribution is -2.33.